The minimum absolute atomic E-state index is 0.380. The average Bonchev–Trinajstić information content (AvgIpc) is 2.72. The van der Waals surface area contributed by atoms with E-state index in [9.17, 15) is 0 Å². The van der Waals surface area contributed by atoms with Crippen LogP contribution in [0.15, 0.2) is 4.52 Å². The summed E-state index contributed by atoms with van der Waals surface area (Å²) < 4.78 is 10.2. The molecular formula is C12H23N3O2. The molecule has 1 aromatic heterocycles. The zero-order valence-corrected chi connectivity index (χ0v) is 11.2. The van der Waals surface area contributed by atoms with Crippen molar-refractivity contribution in [2.75, 3.05) is 13.7 Å². The van der Waals surface area contributed by atoms with E-state index < -0.39 is 0 Å². The summed E-state index contributed by atoms with van der Waals surface area (Å²) in [4.78, 5) is 4.29. The third-order valence-electron chi connectivity index (χ3n) is 2.64. The smallest absolute Gasteiger partial charge is 0.228 e. The molecule has 98 valence electrons. The second-order valence-corrected chi connectivity index (χ2v) is 4.55. The minimum Gasteiger partial charge on any atom is -0.377 e. The van der Waals surface area contributed by atoms with Crippen molar-refractivity contribution in [1.82, 2.24) is 15.5 Å². The quantitative estimate of drug-likeness (QED) is 0.751. The van der Waals surface area contributed by atoms with Crippen LogP contribution in [0.1, 0.15) is 38.9 Å². The van der Waals surface area contributed by atoms with E-state index in [1.54, 1.807) is 7.11 Å². The summed E-state index contributed by atoms with van der Waals surface area (Å²) in [6, 6.07) is 0.380. The molecule has 0 aromatic carbocycles. The van der Waals surface area contributed by atoms with E-state index in [1.807, 2.05) is 0 Å². The van der Waals surface area contributed by atoms with Crippen LogP contribution < -0.4 is 5.32 Å². The van der Waals surface area contributed by atoms with Gasteiger partial charge in [0.2, 0.25) is 5.89 Å². The van der Waals surface area contributed by atoms with Gasteiger partial charge >= 0.3 is 0 Å². The summed E-state index contributed by atoms with van der Waals surface area (Å²) in [6.07, 6.45) is 1.90. The molecule has 1 N–H and O–H groups in total. The lowest BCUT2D eigenvalue weighted by molar-refractivity contribution is 0.174. The van der Waals surface area contributed by atoms with Gasteiger partial charge in [-0.3, -0.25) is 0 Å². The van der Waals surface area contributed by atoms with Gasteiger partial charge in [-0.2, -0.15) is 4.98 Å². The predicted molar refractivity (Wildman–Crippen MR) is 65.6 cm³/mol. The standard InChI is InChI=1S/C12H23N3O2/c1-5-6-13-10(9(2)3)7-12-14-11(8-16-4)15-17-12/h9-10,13H,5-8H2,1-4H3. The molecule has 0 spiro atoms. The monoisotopic (exact) mass is 241 g/mol. The lowest BCUT2D eigenvalue weighted by atomic mass is 10.0. The first-order valence-corrected chi connectivity index (χ1v) is 6.21. The maximum absolute atomic E-state index is 5.20. The van der Waals surface area contributed by atoms with Crippen LogP contribution in [0, 0.1) is 5.92 Å². The largest absolute Gasteiger partial charge is 0.377 e. The van der Waals surface area contributed by atoms with E-state index in [0.29, 0.717) is 30.3 Å². The Hall–Kier alpha value is -0.940. The van der Waals surface area contributed by atoms with Crippen molar-refractivity contribution in [3.05, 3.63) is 11.7 Å². The molecule has 1 rings (SSSR count). The molecule has 0 radical (unpaired) electrons. The number of hydrogen-bond donors (Lipinski definition) is 1. The fourth-order valence-corrected chi connectivity index (χ4v) is 1.62. The molecule has 0 saturated heterocycles. The predicted octanol–water partition coefficient (Wildman–Crippen LogP) is 1.78. The van der Waals surface area contributed by atoms with E-state index in [2.05, 4.69) is 36.2 Å². The Balaban J connectivity index is 2.52. The fourth-order valence-electron chi connectivity index (χ4n) is 1.62. The first kappa shape index (κ1) is 14.1. The summed E-state index contributed by atoms with van der Waals surface area (Å²) in [7, 11) is 1.62. The Morgan fingerprint density at radius 1 is 1.41 bits per heavy atom. The van der Waals surface area contributed by atoms with Crippen molar-refractivity contribution in [3.8, 4) is 0 Å². The van der Waals surface area contributed by atoms with Gasteiger partial charge in [0.15, 0.2) is 5.82 Å². The number of methoxy groups -OCH3 is 1. The topological polar surface area (TPSA) is 60.2 Å². The zero-order valence-electron chi connectivity index (χ0n) is 11.2. The van der Waals surface area contributed by atoms with Gasteiger partial charge in [-0.05, 0) is 18.9 Å². The third kappa shape index (κ3) is 4.83. The molecule has 0 amide bonds. The first-order chi connectivity index (χ1) is 8.17. The Bertz CT molecular complexity index is 312. The van der Waals surface area contributed by atoms with Crippen molar-refractivity contribution in [2.45, 2.75) is 46.3 Å². The SMILES string of the molecule is CCCNC(Cc1nc(COC)no1)C(C)C. The summed E-state index contributed by atoms with van der Waals surface area (Å²) in [5.74, 6) is 1.83. The van der Waals surface area contributed by atoms with Crippen LogP contribution in [-0.4, -0.2) is 29.8 Å². The highest BCUT2D eigenvalue weighted by atomic mass is 16.5. The highest BCUT2D eigenvalue weighted by Gasteiger charge is 2.17. The molecule has 1 aromatic rings. The van der Waals surface area contributed by atoms with Gasteiger partial charge in [0.1, 0.15) is 6.61 Å². The third-order valence-corrected chi connectivity index (χ3v) is 2.64. The van der Waals surface area contributed by atoms with Gasteiger partial charge < -0.3 is 14.6 Å². The molecule has 0 aliphatic heterocycles. The van der Waals surface area contributed by atoms with Gasteiger partial charge in [0.25, 0.3) is 0 Å². The van der Waals surface area contributed by atoms with E-state index >= 15 is 0 Å². The zero-order chi connectivity index (χ0) is 12.7. The maximum Gasteiger partial charge on any atom is 0.228 e. The summed E-state index contributed by atoms with van der Waals surface area (Å²) in [5.41, 5.74) is 0. The van der Waals surface area contributed by atoms with Crippen LogP contribution in [-0.2, 0) is 17.8 Å². The first-order valence-electron chi connectivity index (χ1n) is 6.21. The van der Waals surface area contributed by atoms with Gasteiger partial charge in [0, 0.05) is 19.6 Å². The van der Waals surface area contributed by atoms with Gasteiger partial charge in [-0.1, -0.05) is 25.9 Å². The summed E-state index contributed by atoms with van der Waals surface area (Å²) in [6.45, 7) is 7.97. The summed E-state index contributed by atoms with van der Waals surface area (Å²) in [5, 5.41) is 7.36. The van der Waals surface area contributed by atoms with Crippen molar-refractivity contribution in [1.29, 1.82) is 0 Å². The second-order valence-electron chi connectivity index (χ2n) is 4.55. The molecule has 1 unspecified atom stereocenters. The second kappa shape index (κ2) is 7.40. The Kier molecular flexibility index (Phi) is 6.15. The van der Waals surface area contributed by atoms with E-state index in [1.165, 1.54) is 0 Å². The fraction of sp³-hybridized carbons (Fsp3) is 0.833. The van der Waals surface area contributed by atoms with Crippen LogP contribution >= 0.6 is 0 Å². The highest BCUT2D eigenvalue weighted by Crippen LogP contribution is 2.09. The van der Waals surface area contributed by atoms with Gasteiger partial charge in [-0.15, -0.1) is 0 Å². The molecule has 1 atom stereocenters. The molecule has 0 saturated carbocycles. The molecule has 0 bridgehead atoms. The Morgan fingerprint density at radius 2 is 2.18 bits per heavy atom. The van der Waals surface area contributed by atoms with Crippen molar-refractivity contribution >= 4 is 0 Å². The van der Waals surface area contributed by atoms with Crippen LogP contribution in [0.2, 0.25) is 0 Å². The van der Waals surface area contributed by atoms with Crippen LogP contribution in [0.5, 0.6) is 0 Å². The van der Waals surface area contributed by atoms with Gasteiger partial charge in [0.05, 0.1) is 0 Å². The number of nitrogens with zero attached hydrogens (tertiary/aromatic N) is 2. The Morgan fingerprint density at radius 3 is 2.76 bits per heavy atom. The minimum atomic E-state index is 0.380. The van der Waals surface area contributed by atoms with Crippen molar-refractivity contribution in [2.24, 2.45) is 5.92 Å². The molecule has 0 fully saturated rings. The normalized spacial score (nSPS) is 13.2. The van der Waals surface area contributed by atoms with E-state index in [-0.39, 0.29) is 0 Å². The van der Waals surface area contributed by atoms with Crippen LogP contribution in [0.3, 0.4) is 0 Å². The summed E-state index contributed by atoms with van der Waals surface area (Å²) >= 11 is 0. The molecule has 1 heterocycles. The van der Waals surface area contributed by atoms with Crippen LogP contribution in [0.4, 0.5) is 0 Å². The van der Waals surface area contributed by atoms with E-state index in [4.69, 9.17) is 9.26 Å². The molecule has 0 aliphatic rings. The number of rotatable bonds is 8. The lowest BCUT2D eigenvalue weighted by Gasteiger charge is -2.20. The molecule has 5 heteroatoms. The molecule has 17 heavy (non-hydrogen) atoms. The number of ether oxygens (including phenoxy) is 1. The number of nitrogens with one attached hydrogen (secondary N) is 1. The highest BCUT2D eigenvalue weighted by molar-refractivity contribution is 4.89. The maximum atomic E-state index is 5.20. The molecule has 5 nitrogen and oxygen atoms in total. The molecule has 0 aliphatic carbocycles. The lowest BCUT2D eigenvalue weighted by Crippen LogP contribution is -2.36. The molecular weight excluding hydrogens is 218 g/mol. The van der Waals surface area contributed by atoms with Crippen molar-refractivity contribution in [3.63, 3.8) is 0 Å². The van der Waals surface area contributed by atoms with E-state index in [0.717, 1.165) is 19.4 Å². The van der Waals surface area contributed by atoms with Crippen molar-refractivity contribution < 1.29 is 9.26 Å². The van der Waals surface area contributed by atoms with Crippen LogP contribution in [0.25, 0.3) is 0 Å². The number of hydrogen-bond acceptors (Lipinski definition) is 5. The average molecular weight is 241 g/mol. The number of aromatic nitrogens is 2. The van der Waals surface area contributed by atoms with Gasteiger partial charge in [-0.25, -0.2) is 0 Å². The Labute approximate surface area is 103 Å².